The Morgan fingerprint density at radius 2 is 2.16 bits per heavy atom. The Morgan fingerprint density at radius 1 is 1.37 bits per heavy atom. The van der Waals surface area contributed by atoms with Gasteiger partial charge in [-0.2, -0.15) is 0 Å². The van der Waals surface area contributed by atoms with Gasteiger partial charge in [-0.1, -0.05) is 12.1 Å². The van der Waals surface area contributed by atoms with Crippen molar-refractivity contribution in [3.8, 4) is 11.4 Å². The van der Waals surface area contributed by atoms with Gasteiger partial charge in [-0.3, -0.25) is 4.79 Å². The molecule has 2 aromatic rings. The van der Waals surface area contributed by atoms with Crippen LogP contribution in [0.2, 0.25) is 0 Å². The summed E-state index contributed by atoms with van der Waals surface area (Å²) in [5.41, 5.74) is 0.398. The van der Waals surface area contributed by atoms with Crippen LogP contribution in [-0.2, 0) is 17.8 Å². The van der Waals surface area contributed by atoms with Gasteiger partial charge in [0.15, 0.2) is 5.82 Å². The van der Waals surface area contributed by atoms with Crippen molar-refractivity contribution in [1.82, 2.24) is 14.8 Å². The summed E-state index contributed by atoms with van der Waals surface area (Å²) >= 11 is 0. The predicted molar refractivity (Wildman–Crippen MR) is 64.9 cm³/mol. The van der Waals surface area contributed by atoms with E-state index in [1.54, 1.807) is 22.8 Å². The fourth-order valence-electron chi connectivity index (χ4n) is 2.38. The van der Waals surface area contributed by atoms with Crippen LogP contribution in [0.4, 0.5) is 4.39 Å². The lowest BCUT2D eigenvalue weighted by atomic mass is 9.98. The molecule has 6 heteroatoms. The van der Waals surface area contributed by atoms with Crippen molar-refractivity contribution in [2.45, 2.75) is 19.4 Å². The molecule has 1 aliphatic heterocycles. The molecule has 0 saturated heterocycles. The molecule has 0 bridgehead atoms. The number of fused-ring (bicyclic) bond motifs is 1. The Hall–Kier alpha value is -2.24. The van der Waals surface area contributed by atoms with Crippen LogP contribution in [0.25, 0.3) is 11.4 Å². The molecule has 1 aromatic carbocycles. The van der Waals surface area contributed by atoms with Crippen LogP contribution in [0, 0.1) is 11.7 Å². The standard InChI is InChI=1S/C13H12FN3O2/c14-10-4-2-1-3-9(10)12-16-15-11-7-8(13(18)19)5-6-17(11)12/h1-4,8H,5-7H2,(H,18,19). The highest BCUT2D eigenvalue weighted by Crippen LogP contribution is 2.27. The highest BCUT2D eigenvalue weighted by molar-refractivity contribution is 5.70. The highest BCUT2D eigenvalue weighted by Gasteiger charge is 2.28. The molecule has 0 aliphatic carbocycles. The van der Waals surface area contributed by atoms with Gasteiger partial charge in [-0.15, -0.1) is 10.2 Å². The third kappa shape index (κ3) is 1.99. The maximum absolute atomic E-state index is 13.8. The maximum atomic E-state index is 13.8. The number of hydrogen-bond acceptors (Lipinski definition) is 3. The van der Waals surface area contributed by atoms with Gasteiger partial charge >= 0.3 is 5.97 Å². The van der Waals surface area contributed by atoms with Gasteiger partial charge in [0.05, 0.1) is 11.5 Å². The van der Waals surface area contributed by atoms with E-state index < -0.39 is 11.9 Å². The molecule has 1 aromatic heterocycles. The molecule has 1 N–H and O–H groups in total. The number of benzene rings is 1. The zero-order valence-corrected chi connectivity index (χ0v) is 10.1. The van der Waals surface area contributed by atoms with Crippen LogP contribution in [0.5, 0.6) is 0 Å². The first-order valence-electron chi connectivity index (χ1n) is 6.06. The van der Waals surface area contributed by atoms with Gasteiger partial charge < -0.3 is 9.67 Å². The third-order valence-corrected chi connectivity index (χ3v) is 3.42. The van der Waals surface area contributed by atoms with E-state index in [9.17, 15) is 9.18 Å². The van der Waals surface area contributed by atoms with E-state index in [4.69, 9.17) is 5.11 Å². The predicted octanol–water partition coefficient (Wildman–Crippen LogP) is 1.73. The van der Waals surface area contributed by atoms with Crippen molar-refractivity contribution in [2.24, 2.45) is 5.92 Å². The lowest BCUT2D eigenvalue weighted by Gasteiger charge is -2.20. The first-order chi connectivity index (χ1) is 9.16. The number of carboxylic acid groups (broad SMARTS) is 1. The maximum Gasteiger partial charge on any atom is 0.307 e. The Balaban J connectivity index is 2.00. The summed E-state index contributed by atoms with van der Waals surface area (Å²) in [6.45, 7) is 0.503. The molecule has 0 radical (unpaired) electrons. The zero-order valence-electron chi connectivity index (χ0n) is 10.1. The quantitative estimate of drug-likeness (QED) is 0.894. The summed E-state index contributed by atoms with van der Waals surface area (Å²) in [6.07, 6.45) is 0.860. The molecule has 1 unspecified atom stereocenters. The van der Waals surface area contributed by atoms with E-state index >= 15 is 0 Å². The lowest BCUT2D eigenvalue weighted by Crippen LogP contribution is -2.26. The van der Waals surface area contributed by atoms with Gasteiger partial charge in [0, 0.05) is 13.0 Å². The molecule has 1 aliphatic rings. The van der Waals surface area contributed by atoms with E-state index in [-0.39, 0.29) is 5.82 Å². The fraction of sp³-hybridized carbons (Fsp3) is 0.308. The second-order valence-electron chi connectivity index (χ2n) is 4.60. The number of halogens is 1. The summed E-state index contributed by atoms with van der Waals surface area (Å²) in [5.74, 6) is -0.515. The van der Waals surface area contributed by atoms with Gasteiger partial charge in [0.1, 0.15) is 11.6 Å². The average molecular weight is 261 g/mol. The summed E-state index contributed by atoms with van der Waals surface area (Å²) in [5, 5.41) is 17.0. The minimum Gasteiger partial charge on any atom is -0.481 e. The van der Waals surface area contributed by atoms with Crippen molar-refractivity contribution in [3.05, 3.63) is 35.9 Å². The molecule has 5 nitrogen and oxygen atoms in total. The number of carboxylic acids is 1. The van der Waals surface area contributed by atoms with Crippen LogP contribution >= 0.6 is 0 Å². The summed E-state index contributed by atoms with van der Waals surface area (Å²) in [4.78, 5) is 11.0. The summed E-state index contributed by atoms with van der Waals surface area (Å²) in [6, 6.07) is 6.38. The molecule has 2 heterocycles. The second kappa shape index (κ2) is 4.46. The number of aromatic nitrogens is 3. The van der Waals surface area contributed by atoms with E-state index in [1.165, 1.54) is 6.07 Å². The molecule has 0 spiro atoms. The molecular formula is C13H12FN3O2. The Labute approximate surface area is 108 Å². The molecular weight excluding hydrogens is 249 g/mol. The van der Waals surface area contributed by atoms with Crippen LogP contribution in [0.3, 0.4) is 0 Å². The molecule has 0 fully saturated rings. The Morgan fingerprint density at radius 3 is 2.89 bits per heavy atom. The average Bonchev–Trinajstić information content (AvgIpc) is 2.82. The summed E-state index contributed by atoms with van der Waals surface area (Å²) < 4.78 is 15.6. The fourth-order valence-corrected chi connectivity index (χ4v) is 2.38. The first-order valence-corrected chi connectivity index (χ1v) is 6.06. The van der Waals surface area contributed by atoms with Crippen molar-refractivity contribution in [3.63, 3.8) is 0 Å². The molecule has 3 rings (SSSR count). The van der Waals surface area contributed by atoms with Crippen LogP contribution in [-0.4, -0.2) is 25.8 Å². The molecule has 1 atom stereocenters. The SMILES string of the molecule is O=C(O)C1CCn2c(nnc2-c2ccccc2F)C1. The smallest absolute Gasteiger partial charge is 0.307 e. The van der Waals surface area contributed by atoms with Crippen molar-refractivity contribution >= 4 is 5.97 Å². The van der Waals surface area contributed by atoms with Crippen LogP contribution < -0.4 is 0 Å². The molecule has 19 heavy (non-hydrogen) atoms. The van der Waals surface area contributed by atoms with Gasteiger partial charge in [0.25, 0.3) is 0 Å². The Bertz CT molecular complexity index is 639. The van der Waals surface area contributed by atoms with Gasteiger partial charge in [-0.25, -0.2) is 4.39 Å². The number of nitrogens with zero attached hydrogens (tertiary/aromatic N) is 3. The van der Waals surface area contributed by atoms with Crippen molar-refractivity contribution in [2.75, 3.05) is 0 Å². The monoisotopic (exact) mass is 261 g/mol. The molecule has 0 amide bonds. The third-order valence-electron chi connectivity index (χ3n) is 3.42. The molecule has 98 valence electrons. The van der Waals surface area contributed by atoms with E-state index in [1.807, 2.05) is 0 Å². The number of hydrogen-bond donors (Lipinski definition) is 1. The number of aliphatic carboxylic acids is 1. The normalized spacial score (nSPS) is 18.1. The Kier molecular flexibility index (Phi) is 2.77. The zero-order chi connectivity index (χ0) is 13.4. The van der Waals surface area contributed by atoms with Crippen LogP contribution in [0.1, 0.15) is 12.2 Å². The van der Waals surface area contributed by atoms with E-state index in [2.05, 4.69) is 10.2 Å². The van der Waals surface area contributed by atoms with Gasteiger partial charge in [0.2, 0.25) is 0 Å². The second-order valence-corrected chi connectivity index (χ2v) is 4.60. The van der Waals surface area contributed by atoms with E-state index in [0.717, 1.165) is 0 Å². The van der Waals surface area contributed by atoms with Crippen LogP contribution in [0.15, 0.2) is 24.3 Å². The lowest BCUT2D eigenvalue weighted by molar-refractivity contribution is -0.142. The number of carbonyl (C=O) groups is 1. The minimum absolute atomic E-state index is 0.344. The topological polar surface area (TPSA) is 68.0 Å². The molecule has 0 saturated carbocycles. The largest absolute Gasteiger partial charge is 0.481 e. The number of rotatable bonds is 2. The first kappa shape index (κ1) is 11.8. The van der Waals surface area contributed by atoms with Crippen molar-refractivity contribution in [1.29, 1.82) is 0 Å². The van der Waals surface area contributed by atoms with Crippen molar-refractivity contribution < 1.29 is 14.3 Å². The van der Waals surface area contributed by atoms with E-state index in [0.29, 0.717) is 36.6 Å². The highest BCUT2D eigenvalue weighted by atomic mass is 19.1. The van der Waals surface area contributed by atoms with Gasteiger partial charge in [-0.05, 0) is 18.6 Å². The minimum atomic E-state index is -0.818. The summed E-state index contributed by atoms with van der Waals surface area (Å²) in [7, 11) is 0.